The molecule has 2 bridgehead atoms. The van der Waals surface area contributed by atoms with Crippen molar-refractivity contribution in [3.8, 4) is 5.75 Å². The Hall–Kier alpha value is -1.66. The molecule has 8 atom stereocenters. The molecule has 0 amide bonds. The first-order valence-corrected chi connectivity index (χ1v) is 11.3. The molecule has 4 heterocycles. The molecule has 1 N–H and O–H groups in total. The van der Waals surface area contributed by atoms with Gasteiger partial charge in [0.15, 0.2) is 11.9 Å². The van der Waals surface area contributed by atoms with Crippen molar-refractivity contribution in [1.29, 1.82) is 0 Å². The average Bonchev–Trinajstić information content (AvgIpc) is 2.97. The summed E-state index contributed by atoms with van der Waals surface area (Å²) >= 11 is 0. The molecule has 1 aliphatic carbocycles. The number of hydrogen-bond donors (Lipinski definition) is 1. The van der Waals surface area contributed by atoms with Crippen LogP contribution in [0, 0.1) is 23.7 Å². The van der Waals surface area contributed by atoms with E-state index in [1.807, 2.05) is 25.1 Å². The third-order valence-electron chi connectivity index (χ3n) is 8.39. The van der Waals surface area contributed by atoms with Crippen LogP contribution in [0.2, 0.25) is 0 Å². The summed E-state index contributed by atoms with van der Waals surface area (Å²) in [4.78, 5) is 12.2. The minimum atomic E-state index is -0.788. The van der Waals surface area contributed by atoms with Crippen LogP contribution in [0.15, 0.2) is 36.4 Å². The van der Waals surface area contributed by atoms with Gasteiger partial charge < -0.3 is 14.6 Å². The summed E-state index contributed by atoms with van der Waals surface area (Å²) in [6, 6.07) is 11.9. The van der Waals surface area contributed by atoms with Gasteiger partial charge in [-0.3, -0.25) is 0 Å². The second-order valence-corrected chi connectivity index (χ2v) is 10.0. The lowest BCUT2D eigenvalue weighted by molar-refractivity contribution is -0.571. The molecule has 0 radical (unpaired) electrons. The van der Waals surface area contributed by atoms with Gasteiger partial charge in [0.05, 0.1) is 6.10 Å². The lowest BCUT2D eigenvalue weighted by Crippen LogP contribution is -2.69. The summed E-state index contributed by atoms with van der Waals surface area (Å²) in [5.41, 5.74) is 0.282. The van der Waals surface area contributed by atoms with E-state index in [9.17, 15) is 5.11 Å². The van der Waals surface area contributed by atoms with Gasteiger partial charge in [0.25, 0.3) is 0 Å². The summed E-state index contributed by atoms with van der Waals surface area (Å²) in [5, 5.41) is 13.0. The van der Waals surface area contributed by atoms with Gasteiger partial charge in [0, 0.05) is 17.9 Å². The van der Waals surface area contributed by atoms with Gasteiger partial charge in [0.1, 0.15) is 5.75 Å². The average molecular weight is 411 g/mol. The van der Waals surface area contributed by atoms with Crippen LogP contribution in [0.4, 0.5) is 0 Å². The minimum Gasteiger partial charge on any atom is -0.508 e. The Bertz CT molecular complexity index is 991. The summed E-state index contributed by atoms with van der Waals surface area (Å²) in [6.45, 7) is 6.50. The van der Waals surface area contributed by atoms with Crippen molar-refractivity contribution < 1.29 is 24.4 Å². The van der Waals surface area contributed by atoms with Crippen LogP contribution in [-0.4, -0.2) is 22.8 Å². The monoisotopic (exact) mass is 410 g/mol. The number of fused-ring (bicyclic) bond motifs is 3. The number of phenolic OH excluding ortho intramolecular Hbond substituents is 1. The fourth-order valence-electron chi connectivity index (χ4n) is 6.82. The van der Waals surface area contributed by atoms with E-state index in [4.69, 9.17) is 19.2 Å². The number of rotatable bonds is 1. The molecule has 1 saturated carbocycles. The molecule has 2 aromatic rings. The van der Waals surface area contributed by atoms with Crippen LogP contribution in [0.1, 0.15) is 58.1 Å². The van der Waals surface area contributed by atoms with Gasteiger partial charge >= 0.3 is 0 Å². The van der Waals surface area contributed by atoms with Crippen LogP contribution in [0.5, 0.6) is 5.75 Å². The highest BCUT2D eigenvalue weighted by molar-refractivity contribution is 5.88. The molecule has 2 aromatic carbocycles. The molecule has 5 heteroatoms. The normalized spacial score (nSPS) is 45.2. The molecule has 7 rings (SSSR count). The molecule has 4 aliphatic heterocycles. The van der Waals surface area contributed by atoms with Crippen LogP contribution in [0.3, 0.4) is 0 Å². The van der Waals surface area contributed by atoms with Crippen LogP contribution < -0.4 is 0 Å². The zero-order valence-electron chi connectivity index (χ0n) is 17.8. The molecule has 5 nitrogen and oxygen atoms in total. The maximum Gasteiger partial charge on any atom is 0.201 e. The highest BCUT2D eigenvalue weighted by Gasteiger charge is 2.69. The number of ether oxygens (including phenoxy) is 2. The van der Waals surface area contributed by atoms with Gasteiger partial charge in [0.2, 0.25) is 5.79 Å². The summed E-state index contributed by atoms with van der Waals surface area (Å²) in [7, 11) is 0. The van der Waals surface area contributed by atoms with Crippen molar-refractivity contribution >= 4 is 10.8 Å². The van der Waals surface area contributed by atoms with Crippen molar-refractivity contribution in [2.24, 2.45) is 23.7 Å². The largest absolute Gasteiger partial charge is 0.508 e. The molecule has 5 fully saturated rings. The van der Waals surface area contributed by atoms with Gasteiger partial charge in [-0.1, -0.05) is 44.2 Å². The molecule has 0 unspecified atom stereocenters. The molecule has 1 spiro atoms. The predicted molar refractivity (Wildman–Crippen MR) is 111 cm³/mol. The summed E-state index contributed by atoms with van der Waals surface area (Å²) < 4.78 is 13.2. The van der Waals surface area contributed by atoms with E-state index in [1.54, 1.807) is 6.07 Å². The first kappa shape index (κ1) is 19.1. The zero-order valence-corrected chi connectivity index (χ0v) is 17.8. The van der Waals surface area contributed by atoms with E-state index in [2.05, 4.69) is 26.0 Å². The maximum atomic E-state index is 10.9. The van der Waals surface area contributed by atoms with Gasteiger partial charge in [-0.15, -0.1) is 0 Å². The van der Waals surface area contributed by atoms with Gasteiger partial charge in [-0.25, -0.2) is 9.78 Å². The second kappa shape index (κ2) is 6.42. The van der Waals surface area contributed by atoms with E-state index < -0.39 is 17.7 Å². The van der Waals surface area contributed by atoms with Crippen LogP contribution in [0.25, 0.3) is 10.8 Å². The van der Waals surface area contributed by atoms with E-state index in [0.717, 1.165) is 35.6 Å². The van der Waals surface area contributed by atoms with Crippen molar-refractivity contribution in [3.05, 3.63) is 42.0 Å². The van der Waals surface area contributed by atoms with Crippen LogP contribution in [-0.2, 0) is 19.2 Å². The first-order chi connectivity index (χ1) is 14.4. The lowest BCUT2D eigenvalue weighted by atomic mass is 9.57. The Kier molecular flexibility index (Phi) is 4.08. The lowest BCUT2D eigenvalue weighted by Gasteiger charge is -2.60. The van der Waals surface area contributed by atoms with Crippen molar-refractivity contribution in [1.82, 2.24) is 0 Å². The number of benzene rings is 2. The quantitative estimate of drug-likeness (QED) is 0.632. The second-order valence-electron chi connectivity index (χ2n) is 10.0. The summed E-state index contributed by atoms with van der Waals surface area (Å²) in [5.74, 6) is 0.768. The third-order valence-corrected chi connectivity index (χ3v) is 8.39. The fraction of sp³-hybridized carbons (Fsp3) is 0.600. The van der Waals surface area contributed by atoms with E-state index >= 15 is 0 Å². The first-order valence-electron chi connectivity index (χ1n) is 11.3. The molecule has 160 valence electrons. The van der Waals surface area contributed by atoms with Gasteiger partial charge in [-0.05, 0) is 60.8 Å². The molecular formula is C25H30O5. The Morgan fingerprint density at radius 2 is 1.80 bits per heavy atom. The van der Waals surface area contributed by atoms with Gasteiger partial charge in [-0.2, -0.15) is 0 Å². The van der Waals surface area contributed by atoms with Crippen LogP contribution >= 0.6 is 0 Å². The summed E-state index contributed by atoms with van der Waals surface area (Å²) in [6.07, 6.45) is 3.26. The van der Waals surface area contributed by atoms with Crippen molar-refractivity contribution in [3.63, 3.8) is 0 Å². The Morgan fingerprint density at radius 1 is 0.967 bits per heavy atom. The molecular weight excluding hydrogens is 380 g/mol. The maximum absolute atomic E-state index is 10.9. The van der Waals surface area contributed by atoms with E-state index in [1.165, 1.54) is 6.42 Å². The predicted octanol–water partition coefficient (Wildman–Crippen LogP) is 5.47. The SMILES string of the molecule is C[C@@H]1[C@@H](c2c(O)ccc3ccccc23)O[C@@H]2O[C@@]3(C)CC[C@H]4[C@H](C)CC[C@@H]1[C@@]24OO3. The number of phenols is 1. The number of aromatic hydroxyl groups is 1. The van der Waals surface area contributed by atoms with Crippen molar-refractivity contribution in [2.75, 3.05) is 0 Å². The standard InChI is InChI=1S/C25H30O5/c1-14-8-10-19-15(2)22(21-17-7-5-4-6-16(17)9-11-20(21)26)27-23-25(19)18(14)12-13-24(3,28-23)29-30-25/h4-7,9,11,14-15,18-19,22-23,26H,8,10,12-13H2,1-3H3/t14-,15+,18+,19+,22+,23-,24-,25-/m1/s1. The smallest absolute Gasteiger partial charge is 0.201 e. The Labute approximate surface area is 177 Å². The molecule has 30 heavy (non-hydrogen) atoms. The Morgan fingerprint density at radius 3 is 2.67 bits per heavy atom. The highest BCUT2D eigenvalue weighted by atomic mass is 17.3. The van der Waals surface area contributed by atoms with E-state index in [0.29, 0.717) is 11.8 Å². The molecule has 4 saturated heterocycles. The minimum absolute atomic E-state index is 0.155. The molecule has 5 aliphatic rings. The molecule has 0 aromatic heterocycles. The number of hydrogen-bond acceptors (Lipinski definition) is 5. The van der Waals surface area contributed by atoms with Crippen molar-refractivity contribution in [2.45, 2.75) is 70.2 Å². The fourth-order valence-corrected chi connectivity index (χ4v) is 6.82. The van der Waals surface area contributed by atoms with E-state index in [-0.39, 0.29) is 23.7 Å². The third kappa shape index (κ3) is 2.44. The zero-order chi connectivity index (χ0) is 20.7. The topological polar surface area (TPSA) is 57.2 Å². The Balaban J connectivity index is 1.50. The highest BCUT2D eigenvalue weighted by Crippen LogP contribution is 2.63.